The zero-order valence-electron chi connectivity index (χ0n) is 11.9. The molecule has 0 aliphatic carbocycles. The number of piperidine rings is 1. The number of nitrogens with zero attached hydrogens (tertiary/aromatic N) is 4. The molecule has 0 bridgehead atoms. The monoisotopic (exact) mass is 266 g/mol. The Hall–Kier alpha value is -1.59. The van der Waals surface area contributed by atoms with E-state index in [0.717, 1.165) is 32.5 Å². The predicted molar refractivity (Wildman–Crippen MR) is 70.6 cm³/mol. The zero-order chi connectivity index (χ0) is 13.9. The number of carbonyl (C=O) groups excluding carboxylic acids is 1. The molecule has 1 aromatic heterocycles. The number of likely N-dealkylation sites (tertiary alicyclic amines) is 1. The molecule has 19 heavy (non-hydrogen) atoms. The second-order valence-corrected chi connectivity index (χ2v) is 6.05. The molecule has 1 aliphatic heterocycles. The Bertz CT molecular complexity index is 411. The number of hydrogen-bond donors (Lipinski definition) is 0. The Morgan fingerprint density at radius 2 is 2.26 bits per heavy atom. The van der Waals surface area contributed by atoms with Gasteiger partial charge >= 0.3 is 6.09 Å². The Morgan fingerprint density at radius 3 is 2.89 bits per heavy atom. The molecule has 1 atom stereocenters. The van der Waals surface area contributed by atoms with Crippen LogP contribution in [0.5, 0.6) is 0 Å². The van der Waals surface area contributed by atoms with Crippen molar-refractivity contribution in [1.82, 2.24) is 19.7 Å². The van der Waals surface area contributed by atoms with Crippen molar-refractivity contribution in [2.75, 3.05) is 13.1 Å². The van der Waals surface area contributed by atoms with Gasteiger partial charge in [0.2, 0.25) is 0 Å². The van der Waals surface area contributed by atoms with Gasteiger partial charge in [-0.15, -0.1) is 0 Å². The van der Waals surface area contributed by atoms with E-state index in [1.165, 1.54) is 6.33 Å². The number of carbonyl (C=O) groups is 1. The molecule has 1 amide bonds. The fourth-order valence-electron chi connectivity index (χ4n) is 2.30. The van der Waals surface area contributed by atoms with Gasteiger partial charge in [-0.1, -0.05) is 0 Å². The number of amides is 1. The van der Waals surface area contributed by atoms with E-state index in [4.69, 9.17) is 4.74 Å². The van der Waals surface area contributed by atoms with Crippen LogP contribution in [0.1, 0.15) is 33.6 Å². The van der Waals surface area contributed by atoms with Crippen LogP contribution in [-0.4, -0.2) is 44.4 Å². The highest BCUT2D eigenvalue weighted by atomic mass is 16.6. The van der Waals surface area contributed by atoms with E-state index in [1.54, 1.807) is 11.2 Å². The van der Waals surface area contributed by atoms with Crippen LogP contribution in [0.25, 0.3) is 0 Å². The van der Waals surface area contributed by atoms with Gasteiger partial charge < -0.3 is 9.64 Å². The quantitative estimate of drug-likeness (QED) is 0.820. The molecule has 2 heterocycles. The first-order chi connectivity index (χ1) is 8.94. The summed E-state index contributed by atoms with van der Waals surface area (Å²) >= 11 is 0. The molecule has 1 aromatic rings. The third-order valence-electron chi connectivity index (χ3n) is 3.08. The van der Waals surface area contributed by atoms with Crippen molar-refractivity contribution in [2.24, 2.45) is 5.92 Å². The molecule has 0 aromatic carbocycles. The van der Waals surface area contributed by atoms with Crippen molar-refractivity contribution in [3.8, 4) is 0 Å². The smallest absolute Gasteiger partial charge is 0.410 e. The summed E-state index contributed by atoms with van der Waals surface area (Å²) in [6, 6.07) is 0. The first-order valence-electron chi connectivity index (χ1n) is 6.74. The fourth-order valence-corrected chi connectivity index (χ4v) is 2.30. The molecule has 1 fully saturated rings. The first-order valence-corrected chi connectivity index (χ1v) is 6.74. The number of rotatable bonds is 2. The summed E-state index contributed by atoms with van der Waals surface area (Å²) in [7, 11) is 0. The molecule has 2 rings (SSSR count). The molecule has 0 spiro atoms. The molecule has 106 valence electrons. The van der Waals surface area contributed by atoms with Crippen LogP contribution in [0.3, 0.4) is 0 Å². The van der Waals surface area contributed by atoms with E-state index in [0.29, 0.717) is 5.92 Å². The summed E-state index contributed by atoms with van der Waals surface area (Å²) in [4.78, 5) is 17.8. The van der Waals surface area contributed by atoms with Crippen LogP contribution < -0.4 is 0 Å². The van der Waals surface area contributed by atoms with Gasteiger partial charge in [0.15, 0.2) is 0 Å². The van der Waals surface area contributed by atoms with E-state index >= 15 is 0 Å². The lowest BCUT2D eigenvalue weighted by Gasteiger charge is -2.34. The molecule has 0 radical (unpaired) electrons. The average molecular weight is 266 g/mol. The number of hydrogen-bond acceptors (Lipinski definition) is 4. The maximum absolute atomic E-state index is 12.0. The second kappa shape index (κ2) is 5.59. The molecule has 0 N–H and O–H groups in total. The SMILES string of the molecule is CC(C)(C)OC(=O)N1CCCC(Cn2cncn2)C1. The summed E-state index contributed by atoms with van der Waals surface area (Å²) in [6.07, 6.45) is 5.16. The number of aromatic nitrogens is 3. The minimum absolute atomic E-state index is 0.212. The van der Waals surface area contributed by atoms with Gasteiger partial charge in [0, 0.05) is 19.6 Å². The highest BCUT2D eigenvalue weighted by molar-refractivity contribution is 5.68. The molecule has 1 saturated heterocycles. The van der Waals surface area contributed by atoms with Crippen molar-refractivity contribution < 1.29 is 9.53 Å². The lowest BCUT2D eigenvalue weighted by atomic mass is 9.98. The van der Waals surface area contributed by atoms with Crippen molar-refractivity contribution in [3.05, 3.63) is 12.7 Å². The molecule has 0 saturated carbocycles. The standard InChI is InChI=1S/C13H22N4O2/c1-13(2,3)19-12(18)16-6-4-5-11(7-16)8-17-10-14-9-15-17/h9-11H,4-8H2,1-3H3. The number of ether oxygens (including phenoxy) is 1. The Labute approximate surface area is 113 Å². The van der Waals surface area contributed by atoms with Crippen LogP contribution in [0.4, 0.5) is 4.79 Å². The van der Waals surface area contributed by atoms with E-state index in [9.17, 15) is 4.79 Å². The second-order valence-electron chi connectivity index (χ2n) is 6.05. The molecular weight excluding hydrogens is 244 g/mol. The van der Waals surface area contributed by atoms with Crippen LogP contribution in [0.2, 0.25) is 0 Å². The molecule has 6 nitrogen and oxygen atoms in total. The molecule has 1 unspecified atom stereocenters. The maximum atomic E-state index is 12.0. The fraction of sp³-hybridized carbons (Fsp3) is 0.769. The summed E-state index contributed by atoms with van der Waals surface area (Å²) in [6.45, 7) is 7.99. The lowest BCUT2D eigenvalue weighted by Crippen LogP contribution is -2.43. The third kappa shape index (κ3) is 4.22. The van der Waals surface area contributed by atoms with E-state index in [2.05, 4.69) is 10.1 Å². The highest BCUT2D eigenvalue weighted by Gasteiger charge is 2.27. The van der Waals surface area contributed by atoms with Crippen molar-refractivity contribution in [3.63, 3.8) is 0 Å². The third-order valence-corrected chi connectivity index (χ3v) is 3.08. The van der Waals surface area contributed by atoms with Crippen molar-refractivity contribution >= 4 is 6.09 Å². The Kier molecular flexibility index (Phi) is 4.07. The Balaban J connectivity index is 1.88. The largest absolute Gasteiger partial charge is 0.444 e. The minimum Gasteiger partial charge on any atom is -0.444 e. The summed E-state index contributed by atoms with van der Waals surface area (Å²) in [5.74, 6) is 0.419. The lowest BCUT2D eigenvalue weighted by molar-refractivity contribution is 0.0155. The van der Waals surface area contributed by atoms with Crippen LogP contribution >= 0.6 is 0 Å². The van der Waals surface area contributed by atoms with Gasteiger partial charge in [0.25, 0.3) is 0 Å². The Morgan fingerprint density at radius 1 is 1.47 bits per heavy atom. The topological polar surface area (TPSA) is 60.2 Å². The van der Waals surface area contributed by atoms with Gasteiger partial charge in [0.05, 0.1) is 0 Å². The minimum atomic E-state index is -0.435. The summed E-state index contributed by atoms with van der Waals surface area (Å²) in [5, 5.41) is 4.11. The van der Waals surface area contributed by atoms with Crippen LogP contribution in [-0.2, 0) is 11.3 Å². The van der Waals surface area contributed by atoms with E-state index < -0.39 is 5.60 Å². The zero-order valence-corrected chi connectivity index (χ0v) is 11.9. The molecule has 1 aliphatic rings. The average Bonchev–Trinajstić information content (AvgIpc) is 2.80. The maximum Gasteiger partial charge on any atom is 0.410 e. The summed E-state index contributed by atoms with van der Waals surface area (Å²) < 4.78 is 7.24. The van der Waals surface area contributed by atoms with Crippen LogP contribution in [0, 0.1) is 5.92 Å². The van der Waals surface area contributed by atoms with Crippen molar-refractivity contribution in [1.29, 1.82) is 0 Å². The van der Waals surface area contributed by atoms with Crippen LogP contribution in [0.15, 0.2) is 12.7 Å². The van der Waals surface area contributed by atoms with Gasteiger partial charge in [-0.3, -0.25) is 4.68 Å². The van der Waals surface area contributed by atoms with Gasteiger partial charge in [0.1, 0.15) is 18.3 Å². The van der Waals surface area contributed by atoms with E-state index in [1.807, 2.05) is 25.5 Å². The predicted octanol–water partition coefficient (Wildman–Crippen LogP) is 1.93. The van der Waals surface area contributed by atoms with E-state index in [-0.39, 0.29) is 6.09 Å². The van der Waals surface area contributed by atoms with Crippen molar-refractivity contribution in [2.45, 2.75) is 45.8 Å². The molecular formula is C13H22N4O2. The summed E-state index contributed by atoms with van der Waals surface area (Å²) in [5.41, 5.74) is -0.435. The highest BCUT2D eigenvalue weighted by Crippen LogP contribution is 2.20. The van der Waals surface area contributed by atoms with Gasteiger partial charge in [-0.05, 0) is 39.5 Å². The van der Waals surface area contributed by atoms with Gasteiger partial charge in [-0.25, -0.2) is 9.78 Å². The van der Waals surface area contributed by atoms with Gasteiger partial charge in [-0.2, -0.15) is 5.10 Å². The molecule has 6 heteroatoms. The first kappa shape index (κ1) is 13.8. The normalized spacial score (nSPS) is 20.4.